The highest BCUT2D eigenvalue weighted by Gasteiger charge is 2.36. The molecule has 9 heteroatoms. The first-order chi connectivity index (χ1) is 12.4. The van der Waals surface area contributed by atoms with E-state index in [9.17, 15) is 9.90 Å². The van der Waals surface area contributed by atoms with Gasteiger partial charge in [0, 0.05) is 46.5 Å². The number of nitrogens with one attached hydrogen (secondary N) is 1. The molecule has 1 aliphatic heterocycles. The van der Waals surface area contributed by atoms with Gasteiger partial charge in [0.2, 0.25) is 0 Å². The predicted octanol–water partition coefficient (Wildman–Crippen LogP) is 0.355. The lowest BCUT2D eigenvalue weighted by atomic mass is 9.92. The van der Waals surface area contributed by atoms with Crippen molar-refractivity contribution in [2.24, 2.45) is 7.05 Å². The number of rotatable bonds is 5. The zero-order chi connectivity index (χ0) is 18.7. The van der Waals surface area contributed by atoms with Crippen molar-refractivity contribution in [3.8, 4) is 0 Å². The molecule has 3 rings (SSSR count). The Balaban J connectivity index is 1.69. The fourth-order valence-electron chi connectivity index (χ4n) is 3.36. The molecule has 140 valence electrons. The Kier molecular flexibility index (Phi) is 5.08. The molecular formula is C17H25N7O2. The Morgan fingerprint density at radius 3 is 2.96 bits per heavy atom. The van der Waals surface area contributed by atoms with Gasteiger partial charge in [0.05, 0.1) is 23.9 Å². The second kappa shape index (κ2) is 7.28. The largest absolute Gasteiger partial charge is 0.386 e. The van der Waals surface area contributed by atoms with Crippen molar-refractivity contribution in [3.05, 3.63) is 30.4 Å². The van der Waals surface area contributed by atoms with Gasteiger partial charge in [-0.2, -0.15) is 5.10 Å². The zero-order valence-electron chi connectivity index (χ0n) is 15.4. The normalized spacial score (nSPS) is 20.1. The van der Waals surface area contributed by atoms with Gasteiger partial charge in [-0.15, -0.1) is 0 Å². The summed E-state index contributed by atoms with van der Waals surface area (Å²) < 4.78 is 1.59. The number of β-amino-alcohol motifs (C(OH)–C–C–N with tert-alkyl or cyclic N) is 1. The third kappa shape index (κ3) is 3.93. The molecule has 0 aliphatic carbocycles. The Morgan fingerprint density at radius 2 is 2.27 bits per heavy atom. The first-order valence-electron chi connectivity index (χ1n) is 8.61. The van der Waals surface area contributed by atoms with Crippen LogP contribution >= 0.6 is 0 Å². The number of hydrogen-bond donors (Lipinski definition) is 2. The lowest BCUT2D eigenvalue weighted by molar-refractivity contribution is -0.000137. The van der Waals surface area contributed by atoms with Gasteiger partial charge >= 0.3 is 0 Å². The van der Waals surface area contributed by atoms with Gasteiger partial charge in [-0.1, -0.05) is 0 Å². The summed E-state index contributed by atoms with van der Waals surface area (Å²) in [5.41, 5.74) is -0.476. The molecule has 1 saturated heterocycles. The predicted molar refractivity (Wildman–Crippen MR) is 98.1 cm³/mol. The highest BCUT2D eigenvalue weighted by Crippen LogP contribution is 2.26. The van der Waals surface area contributed by atoms with E-state index in [0.29, 0.717) is 18.5 Å². The van der Waals surface area contributed by atoms with Gasteiger partial charge in [0.25, 0.3) is 5.91 Å². The number of nitrogens with zero attached hydrogens (tertiary/aromatic N) is 6. The number of aromatic nitrogens is 4. The molecule has 9 nitrogen and oxygen atoms in total. The molecule has 2 N–H and O–H groups in total. The van der Waals surface area contributed by atoms with E-state index >= 15 is 0 Å². The van der Waals surface area contributed by atoms with Gasteiger partial charge in [0.1, 0.15) is 18.0 Å². The van der Waals surface area contributed by atoms with Gasteiger partial charge in [-0.3, -0.25) is 9.48 Å². The summed E-state index contributed by atoms with van der Waals surface area (Å²) in [5, 5.41) is 18.1. The van der Waals surface area contributed by atoms with Crippen molar-refractivity contribution in [2.75, 3.05) is 43.9 Å². The number of carbonyl (C=O) groups is 1. The molecule has 1 amide bonds. The third-order valence-electron chi connectivity index (χ3n) is 4.62. The monoisotopic (exact) mass is 359 g/mol. The highest BCUT2D eigenvalue weighted by molar-refractivity contribution is 5.93. The molecule has 0 bridgehead atoms. The van der Waals surface area contributed by atoms with Crippen LogP contribution in [-0.4, -0.2) is 75.0 Å². The van der Waals surface area contributed by atoms with Crippen LogP contribution < -0.4 is 10.2 Å². The minimum absolute atomic E-state index is 0.150. The van der Waals surface area contributed by atoms with E-state index in [4.69, 9.17) is 0 Å². The number of hydrogen-bond acceptors (Lipinski definition) is 7. The number of piperidine rings is 1. The number of anilines is 2. The third-order valence-corrected chi connectivity index (χ3v) is 4.62. The molecule has 1 unspecified atom stereocenters. The molecule has 0 saturated carbocycles. The topological polar surface area (TPSA) is 99.4 Å². The summed E-state index contributed by atoms with van der Waals surface area (Å²) in [6.45, 7) is 1.47. The first-order valence-corrected chi connectivity index (χ1v) is 8.61. The average Bonchev–Trinajstić information content (AvgIpc) is 3.07. The zero-order valence-corrected chi connectivity index (χ0v) is 15.4. The average molecular weight is 359 g/mol. The van der Waals surface area contributed by atoms with E-state index in [1.54, 1.807) is 36.9 Å². The van der Waals surface area contributed by atoms with Crippen LogP contribution in [0.4, 0.5) is 11.6 Å². The molecule has 26 heavy (non-hydrogen) atoms. The van der Waals surface area contributed by atoms with Crippen LogP contribution in [0.5, 0.6) is 0 Å². The number of amides is 1. The van der Waals surface area contributed by atoms with E-state index in [-0.39, 0.29) is 12.5 Å². The molecule has 2 aromatic rings. The second-order valence-corrected chi connectivity index (χ2v) is 6.82. The molecule has 0 aromatic carbocycles. The number of carbonyl (C=O) groups excluding carboxylic acids is 1. The van der Waals surface area contributed by atoms with Gasteiger partial charge in [0.15, 0.2) is 0 Å². The Bertz CT molecular complexity index is 778. The maximum Gasteiger partial charge on any atom is 0.256 e. The van der Waals surface area contributed by atoms with E-state index in [1.807, 2.05) is 11.0 Å². The van der Waals surface area contributed by atoms with Crippen LogP contribution in [0.1, 0.15) is 23.2 Å². The number of aryl methyl sites for hydroxylation is 1. The van der Waals surface area contributed by atoms with Gasteiger partial charge in [-0.25, -0.2) is 9.97 Å². The van der Waals surface area contributed by atoms with Crippen LogP contribution in [0.2, 0.25) is 0 Å². The molecule has 1 aliphatic rings. The van der Waals surface area contributed by atoms with Crippen molar-refractivity contribution >= 4 is 17.5 Å². The number of aliphatic hydroxyl groups is 1. The Hall–Kier alpha value is -2.68. The lowest BCUT2D eigenvalue weighted by Gasteiger charge is -2.41. The number of likely N-dealkylation sites (N-methyl/N-ethyl adjacent to an activating group) is 1. The fraction of sp³-hybridized carbons (Fsp3) is 0.529. The molecule has 2 aromatic heterocycles. The molecule has 0 spiro atoms. The van der Waals surface area contributed by atoms with Crippen molar-refractivity contribution in [1.29, 1.82) is 0 Å². The summed E-state index contributed by atoms with van der Waals surface area (Å²) in [4.78, 5) is 24.6. The van der Waals surface area contributed by atoms with Crippen LogP contribution in [0.3, 0.4) is 0 Å². The molecule has 0 radical (unpaired) electrons. The highest BCUT2D eigenvalue weighted by atomic mass is 16.3. The van der Waals surface area contributed by atoms with Gasteiger partial charge in [-0.05, 0) is 12.8 Å². The van der Waals surface area contributed by atoms with Crippen molar-refractivity contribution in [1.82, 2.24) is 24.6 Å². The quantitative estimate of drug-likeness (QED) is 0.795. The second-order valence-electron chi connectivity index (χ2n) is 6.82. The van der Waals surface area contributed by atoms with E-state index in [0.717, 1.165) is 24.6 Å². The van der Waals surface area contributed by atoms with Crippen molar-refractivity contribution < 1.29 is 9.90 Å². The Labute approximate surface area is 152 Å². The summed E-state index contributed by atoms with van der Waals surface area (Å²) in [7, 11) is 5.28. The van der Waals surface area contributed by atoms with E-state index in [2.05, 4.69) is 20.4 Å². The van der Waals surface area contributed by atoms with Crippen LogP contribution in [-0.2, 0) is 7.05 Å². The molecule has 1 atom stereocenters. The lowest BCUT2D eigenvalue weighted by Crippen LogP contribution is -2.54. The smallest absolute Gasteiger partial charge is 0.256 e. The minimum atomic E-state index is -0.990. The van der Waals surface area contributed by atoms with Gasteiger partial charge < -0.3 is 20.2 Å². The summed E-state index contributed by atoms with van der Waals surface area (Å²) in [6.07, 6.45) is 6.18. The Morgan fingerprint density at radius 1 is 1.46 bits per heavy atom. The van der Waals surface area contributed by atoms with Crippen LogP contribution in [0, 0.1) is 0 Å². The molecular weight excluding hydrogens is 334 g/mol. The van der Waals surface area contributed by atoms with Crippen molar-refractivity contribution in [3.63, 3.8) is 0 Å². The fourth-order valence-corrected chi connectivity index (χ4v) is 3.36. The summed E-state index contributed by atoms with van der Waals surface area (Å²) in [6, 6.07) is 1.86. The minimum Gasteiger partial charge on any atom is -0.386 e. The maximum absolute atomic E-state index is 12.5. The van der Waals surface area contributed by atoms with Crippen LogP contribution in [0.15, 0.2) is 24.8 Å². The standard InChI is InChI=1S/C17H25N7O2/c1-18-14-7-15(20-12-19-14)24-6-4-5-17(26,11-24)10-22(2)16(25)13-8-21-23(3)9-13/h7-9,12,26H,4-6,10-11H2,1-3H3,(H,18,19,20). The molecule has 3 heterocycles. The van der Waals surface area contributed by atoms with E-state index in [1.165, 1.54) is 12.5 Å². The first kappa shape index (κ1) is 18.1. The molecule has 1 fully saturated rings. The summed E-state index contributed by atoms with van der Waals surface area (Å²) in [5.74, 6) is 1.35. The van der Waals surface area contributed by atoms with Crippen molar-refractivity contribution in [2.45, 2.75) is 18.4 Å². The summed E-state index contributed by atoms with van der Waals surface area (Å²) >= 11 is 0. The van der Waals surface area contributed by atoms with Crippen LogP contribution in [0.25, 0.3) is 0 Å². The SMILES string of the molecule is CNc1cc(N2CCCC(O)(CN(C)C(=O)c3cnn(C)c3)C2)ncn1. The maximum atomic E-state index is 12.5. The van der Waals surface area contributed by atoms with E-state index < -0.39 is 5.60 Å².